The smallest absolute Gasteiger partial charge is 0.161 e. The lowest BCUT2D eigenvalue weighted by Crippen LogP contribution is -2.04. The van der Waals surface area contributed by atoms with Crippen LogP contribution in [-0.2, 0) is 0 Å². The lowest BCUT2D eigenvalue weighted by atomic mass is 9.99. The first-order valence-corrected chi connectivity index (χ1v) is 15.7. The summed E-state index contributed by atoms with van der Waals surface area (Å²) in [6.07, 6.45) is 0. The lowest BCUT2D eigenvalue weighted by molar-refractivity contribution is 0.668. The molecular formula is C43H27N3O2. The number of benzene rings is 7. The number of hydrogen-bond donors (Lipinski definition) is 1. The van der Waals surface area contributed by atoms with E-state index in [4.69, 9.17) is 14.2 Å². The largest absolute Gasteiger partial charge is 0.456 e. The quantitative estimate of drug-likeness (QED) is 0.158. The van der Waals surface area contributed by atoms with E-state index in [0.29, 0.717) is 17.0 Å². The number of fused-ring (bicyclic) bond motifs is 8. The predicted octanol–water partition coefficient (Wildman–Crippen LogP) is 11.4. The number of amidine groups is 2. The van der Waals surface area contributed by atoms with Crippen molar-refractivity contribution in [1.82, 2.24) is 0 Å². The van der Waals surface area contributed by atoms with Crippen molar-refractivity contribution in [2.75, 3.05) is 0 Å². The molecular weight excluding hydrogens is 590 g/mol. The second kappa shape index (κ2) is 11.0. The van der Waals surface area contributed by atoms with Crippen LogP contribution in [0.4, 0.5) is 0 Å². The van der Waals surface area contributed by atoms with E-state index >= 15 is 0 Å². The van der Waals surface area contributed by atoms with Crippen LogP contribution >= 0.6 is 0 Å². The Morgan fingerprint density at radius 3 is 1.85 bits per heavy atom. The van der Waals surface area contributed by atoms with Gasteiger partial charge in [-0.1, -0.05) is 109 Å². The van der Waals surface area contributed by atoms with Crippen LogP contribution in [0, 0.1) is 5.41 Å². The van der Waals surface area contributed by atoms with Crippen molar-refractivity contribution in [2.24, 2.45) is 9.98 Å². The van der Waals surface area contributed by atoms with Gasteiger partial charge in [0, 0.05) is 32.7 Å². The number of hydrogen-bond acceptors (Lipinski definition) is 3. The first-order valence-electron chi connectivity index (χ1n) is 15.7. The SMILES string of the molecule is C=N/C(=N\C(=N)c1ccc(-c2ccccc2)cc1)c1cccc2oc3cc(-c4ccc5c(c4)oc4ccc6ccccc6c45)ccc3c12. The van der Waals surface area contributed by atoms with Crippen molar-refractivity contribution in [1.29, 1.82) is 5.41 Å². The van der Waals surface area contributed by atoms with Gasteiger partial charge in [0.2, 0.25) is 0 Å². The highest BCUT2D eigenvalue weighted by Crippen LogP contribution is 2.38. The minimum Gasteiger partial charge on any atom is -0.456 e. The zero-order valence-electron chi connectivity index (χ0n) is 25.8. The topological polar surface area (TPSA) is 74.8 Å². The predicted molar refractivity (Wildman–Crippen MR) is 199 cm³/mol. The molecule has 0 fully saturated rings. The van der Waals surface area contributed by atoms with Crippen LogP contribution in [-0.4, -0.2) is 18.4 Å². The fourth-order valence-electron chi connectivity index (χ4n) is 6.72. The summed E-state index contributed by atoms with van der Waals surface area (Å²) in [6, 6.07) is 49.0. The molecule has 0 unspecified atom stereocenters. The summed E-state index contributed by atoms with van der Waals surface area (Å²) >= 11 is 0. The Labute approximate surface area is 275 Å². The molecule has 0 amide bonds. The van der Waals surface area contributed by atoms with E-state index in [1.54, 1.807) is 0 Å². The van der Waals surface area contributed by atoms with Gasteiger partial charge >= 0.3 is 0 Å². The molecule has 0 aliphatic heterocycles. The van der Waals surface area contributed by atoms with Crippen molar-refractivity contribution in [3.63, 3.8) is 0 Å². The Kier molecular flexibility index (Phi) is 6.37. The average Bonchev–Trinajstić information content (AvgIpc) is 3.72. The lowest BCUT2D eigenvalue weighted by Gasteiger charge is -2.06. The monoisotopic (exact) mass is 617 g/mol. The summed E-state index contributed by atoms with van der Waals surface area (Å²) in [5.41, 5.74) is 8.91. The summed E-state index contributed by atoms with van der Waals surface area (Å²) in [5, 5.41) is 15.2. The van der Waals surface area contributed by atoms with E-state index < -0.39 is 0 Å². The summed E-state index contributed by atoms with van der Waals surface area (Å²) in [5.74, 6) is 0.477. The molecule has 226 valence electrons. The molecule has 1 N–H and O–H groups in total. The molecule has 0 saturated carbocycles. The zero-order valence-corrected chi connectivity index (χ0v) is 25.8. The number of furan rings is 2. The molecule has 2 aromatic heterocycles. The van der Waals surface area contributed by atoms with Crippen molar-refractivity contribution in [3.05, 3.63) is 157 Å². The summed E-state index contributed by atoms with van der Waals surface area (Å²) in [4.78, 5) is 8.89. The Morgan fingerprint density at radius 2 is 1.12 bits per heavy atom. The maximum absolute atomic E-state index is 8.77. The van der Waals surface area contributed by atoms with Crippen LogP contribution in [0.1, 0.15) is 11.1 Å². The molecule has 0 aliphatic carbocycles. The third-order valence-corrected chi connectivity index (χ3v) is 9.07. The minimum absolute atomic E-state index is 0.109. The second-order valence-corrected chi connectivity index (χ2v) is 11.9. The van der Waals surface area contributed by atoms with Gasteiger partial charge in [0.25, 0.3) is 0 Å². The average molecular weight is 618 g/mol. The highest BCUT2D eigenvalue weighted by molar-refractivity contribution is 6.22. The van der Waals surface area contributed by atoms with E-state index in [2.05, 4.69) is 95.6 Å². The van der Waals surface area contributed by atoms with Gasteiger partial charge in [-0.15, -0.1) is 0 Å². The molecule has 9 aromatic rings. The normalized spacial score (nSPS) is 12.0. The third kappa shape index (κ3) is 4.52. The molecule has 7 aromatic carbocycles. The van der Waals surface area contributed by atoms with Gasteiger partial charge in [-0.05, 0) is 76.1 Å². The second-order valence-electron chi connectivity index (χ2n) is 11.9. The number of aliphatic imine (C=N–C) groups is 2. The van der Waals surface area contributed by atoms with Gasteiger partial charge < -0.3 is 8.83 Å². The van der Waals surface area contributed by atoms with E-state index in [1.165, 1.54) is 10.8 Å². The molecule has 5 nitrogen and oxygen atoms in total. The van der Waals surface area contributed by atoms with Gasteiger partial charge in [-0.3, -0.25) is 5.41 Å². The van der Waals surface area contributed by atoms with E-state index in [9.17, 15) is 0 Å². The molecule has 2 heterocycles. The molecule has 5 heteroatoms. The molecule has 0 bridgehead atoms. The van der Waals surface area contributed by atoms with E-state index in [1.807, 2.05) is 66.7 Å². The van der Waals surface area contributed by atoms with Gasteiger partial charge in [0.1, 0.15) is 22.3 Å². The maximum atomic E-state index is 8.77. The van der Waals surface area contributed by atoms with Crippen LogP contribution in [0.15, 0.2) is 164 Å². The Bertz CT molecular complexity index is 2750. The summed E-state index contributed by atoms with van der Waals surface area (Å²) < 4.78 is 12.7. The van der Waals surface area contributed by atoms with Crippen LogP contribution < -0.4 is 0 Å². The van der Waals surface area contributed by atoms with E-state index in [0.717, 1.165) is 66.1 Å². The summed E-state index contributed by atoms with van der Waals surface area (Å²) in [6.45, 7) is 3.80. The highest BCUT2D eigenvalue weighted by Gasteiger charge is 2.17. The van der Waals surface area contributed by atoms with Crippen molar-refractivity contribution in [2.45, 2.75) is 0 Å². The maximum Gasteiger partial charge on any atom is 0.161 e. The molecule has 48 heavy (non-hydrogen) atoms. The van der Waals surface area contributed by atoms with Crippen LogP contribution in [0.25, 0.3) is 76.9 Å². The fraction of sp³-hybridized carbons (Fsp3) is 0. The Morgan fingerprint density at radius 1 is 0.500 bits per heavy atom. The van der Waals surface area contributed by atoms with E-state index in [-0.39, 0.29) is 5.84 Å². The van der Waals surface area contributed by atoms with Crippen molar-refractivity contribution < 1.29 is 8.83 Å². The third-order valence-electron chi connectivity index (χ3n) is 9.07. The molecule has 0 spiro atoms. The highest BCUT2D eigenvalue weighted by atomic mass is 16.3. The van der Waals surface area contributed by atoms with Crippen LogP contribution in [0.2, 0.25) is 0 Å². The first kappa shape index (κ1) is 27.7. The molecule has 0 saturated heterocycles. The Balaban J connectivity index is 1.08. The molecule has 0 atom stereocenters. The van der Waals surface area contributed by atoms with Gasteiger partial charge in [-0.25, -0.2) is 9.98 Å². The standard InChI is InChI=1S/C43H27N3O2/c1-45-43(46-42(44)29-16-14-27(15-17-29)26-8-3-2-4-9-26)35-12-7-13-36-41(35)34-22-19-31(25-39(34)47-36)30-18-21-33-38(24-30)48-37-23-20-28-10-5-6-11-32(28)40(33)37/h2-25,44H,1H2/b44-42?,46-43-. The molecule has 9 rings (SSSR count). The van der Waals surface area contributed by atoms with Gasteiger partial charge in [0.15, 0.2) is 11.7 Å². The zero-order chi connectivity index (χ0) is 32.2. The van der Waals surface area contributed by atoms with Gasteiger partial charge in [0.05, 0.1) is 0 Å². The van der Waals surface area contributed by atoms with Gasteiger partial charge in [-0.2, -0.15) is 0 Å². The number of nitrogens with one attached hydrogen (secondary N) is 1. The van der Waals surface area contributed by atoms with Crippen molar-refractivity contribution >= 4 is 73.0 Å². The summed E-state index contributed by atoms with van der Waals surface area (Å²) in [7, 11) is 0. The molecule has 0 radical (unpaired) electrons. The number of nitrogens with zero attached hydrogens (tertiary/aromatic N) is 2. The first-order chi connectivity index (χ1) is 23.6. The molecule has 0 aliphatic rings. The fourth-order valence-corrected chi connectivity index (χ4v) is 6.72. The number of rotatable bonds is 4. The van der Waals surface area contributed by atoms with Crippen LogP contribution in [0.3, 0.4) is 0 Å². The van der Waals surface area contributed by atoms with Crippen LogP contribution in [0.5, 0.6) is 0 Å². The minimum atomic E-state index is 0.109. The Hall–Kier alpha value is -6.59. The van der Waals surface area contributed by atoms with Crippen molar-refractivity contribution in [3.8, 4) is 22.3 Å².